The zero-order chi connectivity index (χ0) is 39.8. The molecule has 0 bridgehead atoms. The molecule has 0 aliphatic carbocycles. The molecule has 4 aromatic heterocycles. The lowest BCUT2D eigenvalue weighted by atomic mass is 9.91. The van der Waals surface area contributed by atoms with E-state index in [1.807, 2.05) is 18.2 Å². The molecule has 0 spiro atoms. The lowest BCUT2D eigenvalue weighted by Gasteiger charge is -2.14. The molecule has 0 radical (unpaired) electrons. The molecule has 5 heteroatoms. The van der Waals surface area contributed by atoms with Crippen LogP contribution in [0, 0.1) is 0 Å². The van der Waals surface area contributed by atoms with Crippen LogP contribution in [0.4, 0.5) is 0 Å². The zero-order valence-electron chi connectivity index (χ0n) is 32.7. The maximum Gasteiger partial charge on any atom is 0.247 e. The van der Waals surface area contributed by atoms with Gasteiger partial charge in [0.2, 0.25) is 5.71 Å². The van der Waals surface area contributed by atoms with Crippen LogP contribution in [0.3, 0.4) is 0 Å². The summed E-state index contributed by atoms with van der Waals surface area (Å²) in [7, 11) is 0. The number of fused-ring (bicyclic) bond motifs is 18. The molecule has 0 aliphatic heterocycles. The Morgan fingerprint density at radius 2 is 0.951 bits per heavy atom. The molecule has 61 heavy (non-hydrogen) atoms. The minimum atomic E-state index is 0.515. The fraction of sp³-hybridized carbons (Fsp3) is 0. The van der Waals surface area contributed by atoms with Crippen LogP contribution in [-0.4, -0.2) is 19.1 Å². The highest BCUT2D eigenvalue weighted by Gasteiger charge is 2.25. The molecule has 0 N–H and O–H groups in total. The first-order valence-corrected chi connectivity index (χ1v) is 20.8. The maximum atomic E-state index is 6.50. The Bertz CT molecular complexity index is 4140. The SMILES string of the molecule is c1ccc(-n2c3ccccc3c3cc(-c4nc5oc6ccccc6c5nc4-n4c5ccc6ccccc6c5c5c6c7ccccc7c7ccccc7c6ccc54)ccc32)cc1. The Labute approximate surface area is 347 Å². The van der Waals surface area contributed by atoms with Crippen molar-refractivity contribution in [2.45, 2.75) is 0 Å². The number of rotatable bonds is 3. The molecule has 5 nitrogen and oxygen atoms in total. The van der Waals surface area contributed by atoms with Crippen LogP contribution in [0.2, 0.25) is 0 Å². The maximum absolute atomic E-state index is 6.50. The third-order valence-electron chi connectivity index (χ3n) is 12.9. The van der Waals surface area contributed by atoms with Crippen molar-refractivity contribution in [3.8, 4) is 22.8 Å². The van der Waals surface area contributed by atoms with Crippen LogP contribution >= 0.6 is 0 Å². The van der Waals surface area contributed by atoms with E-state index in [0.29, 0.717) is 5.71 Å². The van der Waals surface area contributed by atoms with Gasteiger partial charge in [-0.05, 0) is 92.3 Å². The van der Waals surface area contributed by atoms with Gasteiger partial charge in [-0.25, -0.2) is 9.97 Å². The summed E-state index contributed by atoms with van der Waals surface area (Å²) in [5, 5.41) is 15.5. The van der Waals surface area contributed by atoms with Gasteiger partial charge in [0, 0.05) is 43.6 Å². The van der Waals surface area contributed by atoms with Crippen molar-refractivity contribution in [1.29, 1.82) is 0 Å². The number of nitrogens with zero attached hydrogens (tertiary/aromatic N) is 4. The Morgan fingerprint density at radius 1 is 0.361 bits per heavy atom. The average Bonchev–Trinajstić information content (AvgIpc) is 3.98. The molecular weight excluding hydrogens is 745 g/mol. The first-order chi connectivity index (χ1) is 30.3. The second kappa shape index (κ2) is 12.1. The third-order valence-corrected chi connectivity index (χ3v) is 12.9. The monoisotopic (exact) mass is 776 g/mol. The standard InChI is InChI=1S/C56H32N4O/c1-2-15-35(16-3-1)59-45-24-12-10-21-40(45)44-32-34(27-29-46(44)59)53-55(57-54-43-23-11-13-25-49(43)61-56(54)58-53)60-47-30-26-33-14-4-5-17-36(33)51(47)52-48(60)31-28-42-39-20-7-6-18-37(39)38-19-8-9-22-41(38)50(42)52/h1-32H. The lowest BCUT2D eigenvalue weighted by Crippen LogP contribution is -2.03. The van der Waals surface area contributed by atoms with Crippen molar-refractivity contribution in [2.75, 3.05) is 0 Å². The van der Waals surface area contributed by atoms with Crippen molar-refractivity contribution in [3.63, 3.8) is 0 Å². The normalized spacial score (nSPS) is 12.3. The first kappa shape index (κ1) is 32.7. The van der Waals surface area contributed by atoms with E-state index in [4.69, 9.17) is 14.4 Å². The molecule has 0 saturated heterocycles. The van der Waals surface area contributed by atoms with E-state index in [9.17, 15) is 0 Å². The molecule has 4 heterocycles. The van der Waals surface area contributed by atoms with Gasteiger partial charge in [0.15, 0.2) is 5.82 Å². The van der Waals surface area contributed by atoms with E-state index < -0.39 is 0 Å². The van der Waals surface area contributed by atoms with Crippen LogP contribution in [-0.2, 0) is 0 Å². The number of para-hydroxylation sites is 3. The van der Waals surface area contributed by atoms with E-state index in [1.54, 1.807) is 0 Å². The quantitative estimate of drug-likeness (QED) is 0.168. The summed E-state index contributed by atoms with van der Waals surface area (Å²) in [6.45, 7) is 0. The fourth-order valence-electron chi connectivity index (χ4n) is 10.3. The summed E-state index contributed by atoms with van der Waals surface area (Å²) in [6.07, 6.45) is 0. The molecular formula is C56H32N4O. The molecule has 10 aromatic carbocycles. The van der Waals surface area contributed by atoms with Gasteiger partial charge < -0.3 is 8.98 Å². The van der Waals surface area contributed by atoms with E-state index in [0.717, 1.165) is 66.7 Å². The topological polar surface area (TPSA) is 48.8 Å². The van der Waals surface area contributed by atoms with Crippen molar-refractivity contribution >= 4 is 109 Å². The van der Waals surface area contributed by atoms with E-state index in [1.165, 1.54) is 59.2 Å². The molecule has 14 aromatic rings. The Morgan fingerprint density at radius 3 is 1.77 bits per heavy atom. The third kappa shape index (κ3) is 4.44. The number of hydrogen-bond donors (Lipinski definition) is 0. The van der Waals surface area contributed by atoms with E-state index in [2.05, 4.69) is 185 Å². The second-order valence-electron chi connectivity index (χ2n) is 16.1. The van der Waals surface area contributed by atoms with Gasteiger partial charge in [-0.3, -0.25) is 4.57 Å². The Hall–Kier alpha value is -8.28. The summed E-state index contributed by atoms with van der Waals surface area (Å²) < 4.78 is 11.2. The molecule has 0 saturated carbocycles. The summed E-state index contributed by atoms with van der Waals surface area (Å²) in [6, 6.07) is 69.6. The van der Waals surface area contributed by atoms with Gasteiger partial charge in [-0.2, -0.15) is 0 Å². The summed E-state index contributed by atoms with van der Waals surface area (Å²) >= 11 is 0. The molecule has 0 unspecified atom stereocenters. The molecule has 0 aliphatic rings. The second-order valence-corrected chi connectivity index (χ2v) is 16.1. The van der Waals surface area contributed by atoms with Gasteiger partial charge in [0.05, 0.1) is 22.1 Å². The smallest absolute Gasteiger partial charge is 0.247 e. The van der Waals surface area contributed by atoms with Gasteiger partial charge in [0.1, 0.15) is 16.8 Å². The summed E-state index contributed by atoms with van der Waals surface area (Å²) in [5.41, 5.74) is 9.28. The van der Waals surface area contributed by atoms with Crippen LogP contribution in [0.15, 0.2) is 199 Å². The Balaban J connectivity index is 1.16. The van der Waals surface area contributed by atoms with Crippen LogP contribution in [0.5, 0.6) is 0 Å². The summed E-state index contributed by atoms with van der Waals surface area (Å²) in [5.74, 6) is 0.755. The molecule has 0 atom stereocenters. The molecule has 14 rings (SSSR count). The number of benzene rings is 10. The van der Waals surface area contributed by atoms with Crippen LogP contribution < -0.4 is 0 Å². The van der Waals surface area contributed by atoms with E-state index in [-0.39, 0.29) is 0 Å². The number of furan rings is 1. The number of hydrogen-bond acceptors (Lipinski definition) is 3. The van der Waals surface area contributed by atoms with Crippen molar-refractivity contribution < 1.29 is 4.42 Å². The minimum absolute atomic E-state index is 0.515. The largest absolute Gasteiger partial charge is 0.436 e. The van der Waals surface area contributed by atoms with Crippen molar-refractivity contribution in [3.05, 3.63) is 194 Å². The van der Waals surface area contributed by atoms with Crippen molar-refractivity contribution in [2.24, 2.45) is 0 Å². The van der Waals surface area contributed by atoms with Crippen LogP contribution in [0.1, 0.15) is 0 Å². The first-order valence-electron chi connectivity index (χ1n) is 20.8. The number of aromatic nitrogens is 4. The minimum Gasteiger partial charge on any atom is -0.436 e. The fourth-order valence-corrected chi connectivity index (χ4v) is 10.3. The molecule has 0 fully saturated rings. The summed E-state index contributed by atoms with van der Waals surface area (Å²) in [4.78, 5) is 11.1. The van der Waals surface area contributed by atoms with E-state index >= 15 is 0 Å². The highest BCUT2D eigenvalue weighted by atomic mass is 16.3. The zero-order valence-corrected chi connectivity index (χ0v) is 32.7. The van der Waals surface area contributed by atoms with Gasteiger partial charge >= 0.3 is 0 Å². The average molecular weight is 777 g/mol. The predicted octanol–water partition coefficient (Wildman–Crippen LogP) is 14.8. The molecule has 0 amide bonds. The van der Waals surface area contributed by atoms with Gasteiger partial charge in [-0.15, -0.1) is 0 Å². The van der Waals surface area contributed by atoms with Gasteiger partial charge in [-0.1, -0.05) is 140 Å². The Kier molecular flexibility index (Phi) is 6.49. The van der Waals surface area contributed by atoms with Gasteiger partial charge in [0.25, 0.3) is 0 Å². The predicted molar refractivity (Wildman–Crippen MR) is 253 cm³/mol. The molecule has 282 valence electrons. The lowest BCUT2D eigenvalue weighted by molar-refractivity contribution is 0.653. The highest BCUT2D eigenvalue weighted by molar-refractivity contribution is 6.38. The van der Waals surface area contributed by atoms with Crippen LogP contribution in [0.25, 0.3) is 132 Å². The highest BCUT2D eigenvalue weighted by Crippen LogP contribution is 2.47. The van der Waals surface area contributed by atoms with Crippen molar-refractivity contribution in [1.82, 2.24) is 19.1 Å².